The highest BCUT2D eigenvalue weighted by molar-refractivity contribution is 6.01. The van der Waals surface area contributed by atoms with Gasteiger partial charge in [0.1, 0.15) is 5.82 Å². The Labute approximate surface area is 218 Å². The van der Waals surface area contributed by atoms with Crippen LogP contribution in [0.4, 0.5) is 11.5 Å². The lowest BCUT2D eigenvalue weighted by Crippen LogP contribution is -2.47. The standard InChI is InChI=1S/C29H33N5O3/c1-22-4-3-5-25(16-22)27(35)18-24-17-23(19-30-20-24)6-9-29(36)32-28-8-7-26(21-31-28)34-12-10-33(11-13-34)14-15-37-2/h3-9,16-17,19-21H,10-15,18H2,1-2H3,(H,31,32,36)/b9-6+. The van der Waals surface area contributed by atoms with Crippen molar-refractivity contribution in [3.63, 3.8) is 0 Å². The fourth-order valence-electron chi connectivity index (χ4n) is 4.24. The SMILES string of the molecule is COCCN1CCN(c2ccc(NC(=O)/C=C/c3cncc(CC(=O)c4cccc(C)c4)c3)nc2)CC1. The van der Waals surface area contributed by atoms with Gasteiger partial charge in [-0.25, -0.2) is 4.98 Å². The smallest absolute Gasteiger partial charge is 0.249 e. The summed E-state index contributed by atoms with van der Waals surface area (Å²) in [5, 5.41) is 2.79. The molecule has 0 saturated carbocycles. The number of pyridine rings is 2. The molecular formula is C29H33N5O3. The van der Waals surface area contributed by atoms with Crippen LogP contribution in [0.5, 0.6) is 0 Å². The molecule has 1 amide bonds. The maximum atomic E-state index is 12.6. The molecule has 0 spiro atoms. The van der Waals surface area contributed by atoms with Crippen LogP contribution in [0, 0.1) is 6.92 Å². The molecule has 3 heterocycles. The van der Waals surface area contributed by atoms with Gasteiger partial charge in [-0.2, -0.15) is 0 Å². The van der Waals surface area contributed by atoms with Crippen molar-refractivity contribution in [2.24, 2.45) is 0 Å². The molecule has 1 N–H and O–H groups in total. The van der Waals surface area contributed by atoms with Crippen LogP contribution in [0.1, 0.15) is 27.0 Å². The number of aryl methyl sites for hydroxylation is 1. The molecule has 2 aromatic heterocycles. The van der Waals surface area contributed by atoms with Gasteiger partial charge < -0.3 is 15.0 Å². The van der Waals surface area contributed by atoms with E-state index in [0.29, 0.717) is 11.4 Å². The second-order valence-electron chi connectivity index (χ2n) is 9.14. The van der Waals surface area contributed by atoms with Crippen LogP contribution in [-0.2, 0) is 16.0 Å². The van der Waals surface area contributed by atoms with Crippen LogP contribution >= 0.6 is 0 Å². The molecule has 1 aliphatic rings. The molecule has 0 atom stereocenters. The average Bonchev–Trinajstić information content (AvgIpc) is 2.92. The maximum Gasteiger partial charge on any atom is 0.249 e. The number of anilines is 2. The molecule has 192 valence electrons. The van der Waals surface area contributed by atoms with Crippen molar-refractivity contribution in [1.29, 1.82) is 0 Å². The Kier molecular flexibility index (Phi) is 9.13. The molecule has 0 aliphatic carbocycles. The summed E-state index contributed by atoms with van der Waals surface area (Å²) < 4.78 is 5.16. The summed E-state index contributed by atoms with van der Waals surface area (Å²) in [6.07, 6.45) is 8.51. The number of ketones is 1. The molecule has 1 fully saturated rings. The topological polar surface area (TPSA) is 87.7 Å². The van der Waals surface area contributed by atoms with Crippen LogP contribution in [0.15, 0.2) is 67.1 Å². The monoisotopic (exact) mass is 499 g/mol. The van der Waals surface area contributed by atoms with Gasteiger partial charge in [-0.1, -0.05) is 23.8 Å². The number of nitrogens with zero attached hydrogens (tertiary/aromatic N) is 4. The number of benzene rings is 1. The number of amides is 1. The summed E-state index contributed by atoms with van der Waals surface area (Å²) >= 11 is 0. The Hall–Kier alpha value is -3.88. The predicted molar refractivity (Wildman–Crippen MR) is 146 cm³/mol. The van der Waals surface area contributed by atoms with Crippen LogP contribution in [-0.4, -0.2) is 73.0 Å². The lowest BCUT2D eigenvalue weighted by Gasteiger charge is -2.35. The van der Waals surface area contributed by atoms with Gasteiger partial charge in [0.15, 0.2) is 5.78 Å². The van der Waals surface area contributed by atoms with Crippen LogP contribution in [0.2, 0.25) is 0 Å². The van der Waals surface area contributed by atoms with Gasteiger partial charge in [-0.05, 0) is 48.4 Å². The number of hydrogen-bond donors (Lipinski definition) is 1. The third kappa shape index (κ3) is 7.80. The van der Waals surface area contributed by atoms with E-state index in [1.807, 2.05) is 49.4 Å². The lowest BCUT2D eigenvalue weighted by atomic mass is 10.0. The van der Waals surface area contributed by atoms with Gasteiger partial charge in [0.2, 0.25) is 5.91 Å². The number of hydrogen-bond acceptors (Lipinski definition) is 7. The van der Waals surface area contributed by atoms with Crippen molar-refractivity contribution in [3.8, 4) is 0 Å². The second-order valence-corrected chi connectivity index (χ2v) is 9.14. The number of ether oxygens (including phenoxy) is 1. The van der Waals surface area contributed by atoms with Crippen LogP contribution < -0.4 is 10.2 Å². The Morgan fingerprint density at radius 3 is 2.62 bits per heavy atom. The van der Waals surface area contributed by atoms with E-state index in [2.05, 4.69) is 25.1 Å². The average molecular weight is 500 g/mol. The number of aromatic nitrogens is 2. The van der Waals surface area contributed by atoms with E-state index >= 15 is 0 Å². The van der Waals surface area contributed by atoms with Crippen molar-refractivity contribution in [3.05, 3.63) is 89.4 Å². The van der Waals surface area contributed by atoms with E-state index in [1.165, 1.54) is 6.08 Å². The molecule has 0 unspecified atom stereocenters. The van der Waals surface area contributed by atoms with E-state index in [4.69, 9.17) is 4.74 Å². The largest absolute Gasteiger partial charge is 0.383 e. The molecule has 1 aliphatic heterocycles. The molecule has 4 rings (SSSR count). The van der Waals surface area contributed by atoms with Crippen LogP contribution in [0.25, 0.3) is 6.08 Å². The number of Topliss-reactive ketones (excluding diaryl/α,β-unsaturated/α-hetero) is 1. The number of piperazine rings is 1. The fourth-order valence-corrected chi connectivity index (χ4v) is 4.24. The number of nitrogens with one attached hydrogen (secondary N) is 1. The fraction of sp³-hybridized carbons (Fsp3) is 0.310. The first kappa shape index (κ1) is 26.2. The number of carbonyl (C=O) groups is 2. The maximum absolute atomic E-state index is 12.6. The van der Waals surface area contributed by atoms with Gasteiger partial charge >= 0.3 is 0 Å². The van der Waals surface area contributed by atoms with Gasteiger partial charge in [-0.15, -0.1) is 0 Å². The zero-order valence-corrected chi connectivity index (χ0v) is 21.4. The Morgan fingerprint density at radius 2 is 1.89 bits per heavy atom. The molecule has 0 bridgehead atoms. The third-order valence-corrected chi connectivity index (χ3v) is 6.30. The summed E-state index contributed by atoms with van der Waals surface area (Å²) in [6, 6.07) is 13.2. The quantitative estimate of drug-likeness (QED) is 0.337. The minimum absolute atomic E-state index is 0.0341. The first-order valence-corrected chi connectivity index (χ1v) is 12.5. The van der Waals surface area contributed by atoms with Gasteiger partial charge in [0, 0.05) is 70.3 Å². The van der Waals surface area contributed by atoms with Gasteiger partial charge in [0.25, 0.3) is 0 Å². The minimum atomic E-state index is -0.284. The number of carbonyl (C=O) groups excluding carboxylic acids is 2. The zero-order chi connectivity index (χ0) is 26.0. The van der Waals surface area contributed by atoms with Crippen molar-refractivity contribution in [2.45, 2.75) is 13.3 Å². The van der Waals surface area contributed by atoms with E-state index in [0.717, 1.165) is 61.7 Å². The Morgan fingerprint density at radius 1 is 1.05 bits per heavy atom. The minimum Gasteiger partial charge on any atom is -0.383 e. The molecule has 1 aromatic carbocycles. The van der Waals surface area contributed by atoms with Crippen molar-refractivity contribution in [2.75, 3.05) is 56.7 Å². The highest BCUT2D eigenvalue weighted by Gasteiger charge is 2.17. The Balaban J connectivity index is 1.28. The van der Waals surface area contributed by atoms with E-state index in [1.54, 1.807) is 31.8 Å². The third-order valence-electron chi connectivity index (χ3n) is 6.30. The highest BCUT2D eigenvalue weighted by atomic mass is 16.5. The van der Waals surface area contributed by atoms with E-state index in [-0.39, 0.29) is 18.1 Å². The summed E-state index contributed by atoms with van der Waals surface area (Å²) in [4.78, 5) is 38.4. The van der Waals surface area contributed by atoms with Gasteiger partial charge in [-0.3, -0.25) is 19.5 Å². The second kappa shape index (κ2) is 12.9. The molecule has 0 radical (unpaired) electrons. The molecule has 37 heavy (non-hydrogen) atoms. The highest BCUT2D eigenvalue weighted by Crippen LogP contribution is 2.17. The van der Waals surface area contributed by atoms with Crippen molar-refractivity contribution >= 4 is 29.3 Å². The summed E-state index contributed by atoms with van der Waals surface area (Å²) in [5.41, 5.74) is 4.32. The molecule has 8 nitrogen and oxygen atoms in total. The van der Waals surface area contributed by atoms with Crippen molar-refractivity contribution in [1.82, 2.24) is 14.9 Å². The van der Waals surface area contributed by atoms with Gasteiger partial charge in [0.05, 0.1) is 18.5 Å². The summed E-state index contributed by atoms with van der Waals surface area (Å²) in [5.74, 6) is 0.243. The summed E-state index contributed by atoms with van der Waals surface area (Å²) in [7, 11) is 1.73. The molecule has 8 heteroatoms. The Bertz CT molecular complexity index is 1230. The summed E-state index contributed by atoms with van der Waals surface area (Å²) in [6.45, 7) is 7.51. The zero-order valence-electron chi connectivity index (χ0n) is 21.4. The van der Waals surface area contributed by atoms with Crippen LogP contribution in [0.3, 0.4) is 0 Å². The van der Waals surface area contributed by atoms with Crippen molar-refractivity contribution < 1.29 is 14.3 Å². The molecule has 3 aromatic rings. The first-order valence-electron chi connectivity index (χ1n) is 12.5. The predicted octanol–water partition coefficient (Wildman–Crippen LogP) is 3.63. The lowest BCUT2D eigenvalue weighted by molar-refractivity contribution is -0.111. The van der Waals surface area contributed by atoms with E-state index in [9.17, 15) is 9.59 Å². The molecule has 1 saturated heterocycles. The number of rotatable bonds is 10. The van der Waals surface area contributed by atoms with E-state index < -0.39 is 0 Å². The normalized spacial score (nSPS) is 14.2. The molecular weight excluding hydrogens is 466 g/mol. The number of methoxy groups -OCH3 is 1. The first-order chi connectivity index (χ1) is 18.0.